The zero-order valence-electron chi connectivity index (χ0n) is 7.66. The van der Waals surface area contributed by atoms with Crippen molar-refractivity contribution in [3.8, 4) is 0 Å². The summed E-state index contributed by atoms with van der Waals surface area (Å²) in [7, 11) is 0. The quantitative estimate of drug-likeness (QED) is 0.769. The second-order valence-corrected chi connectivity index (χ2v) is 5.24. The number of hydrogen-bond acceptors (Lipinski definition) is 3. The molecule has 2 rings (SSSR count). The SMILES string of the molecule is C[C@@H]1C(=O)N[C@H](c2ccc(Cl)s2)[C@H]1N. The lowest BCUT2D eigenvalue weighted by Gasteiger charge is -2.14. The van der Waals surface area contributed by atoms with Crippen molar-refractivity contribution in [1.29, 1.82) is 0 Å². The van der Waals surface area contributed by atoms with Gasteiger partial charge >= 0.3 is 0 Å². The van der Waals surface area contributed by atoms with Crippen LogP contribution in [0.25, 0.3) is 0 Å². The van der Waals surface area contributed by atoms with Gasteiger partial charge in [0.1, 0.15) is 0 Å². The third-order valence-corrected chi connectivity index (χ3v) is 3.89. The molecule has 3 atom stereocenters. The third-order valence-electron chi connectivity index (χ3n) is 2.57. The van der Waals surface area contributed by atoms with Gasteiger partial charge in [-0.3, -0.25) is 4.79 Å². The van der Waals surface area contributed by atoms with E-state index in [-0.39, 0.29) is 23.9 Å². The molecule has 1 saturated heterocycles. The van der Waals surface area contributed by atoms with Gasteiger partial charge in [0.25, 0.3) is 0 Å². The van der Waals surface area contributed by atoms with Crippen molar-refractivity contribution in [3.05, 3.63) is 21.3 Å². The summed E-state index contributed by atoms with van der Waals surface area (Å²) in [4.78, 5) is 12.4. The zero-order chi connectivity index (χ0) is 10.3. The van der Waals surface area contributed by atoms with Crippen molar-refractivity contribution in [1.82, 2.24) is 5.32 Å². The average Bonchev–Trinajstić information content (AvgIpc) is 2.66. The van der Waals surface area contributed by atoms with E-state index in [1.165, 1.54) is 11.3 Å². The lowest BCUT2D eigenvalue weighted by Crippen LogP contribution is -2.30. The van der Waals surface area contributed by atoms with Gasteiger partial charge < -0.3 is 11.1 Å². The molecule has 5 heteroatoms. The van der Waals surface area contributed by atoms with Gasteiger partial charge in [0, 0.05) is 10.9 Å². The Bertz CT molecular complexity index is 365. The first kappa shape index (κ1) is 9.96. The monoisotopic (exact) mass is 230 g/mol. The van der Waals surface area contributed by atoms with Crippen molar-refractivity contribution in [2.45, 2.75) is 19.0 Å². The number of nitrogens with one attached hydrogen (secondary N) is 1. The molecule has 1 aromatic rings. The average molecular weight is 231 g/mol. The highest BCUT2D eigenvalue weighted by molar-refractivity contribution is 7.16. The van der Waals surface area contributed by atoms with E-state index < -0.39 is 0 Å². The fraction of sp³-hybridized carbons (Fsp3) is 0.444. The summed E-state index contributed by atoms with van der Waals surface area (Å²) in [6.45, 7) is 1.84. The molecular weight excluding hydrogens is 220 g/mol. The maximum absolute atomic E-state index is 11.4. The Kier molecular flexibility index (Phi) is 2.51. The van der Waals surface area contributed by atoms with Gasteiger partial charge in [-0.1, -0.05) is 18.5 Å². The number of nitrogens with two attached hydrogens (primary N) is 1. The van der Waals surface area contributed by atoms with E-state index in [2.05, 4.69) is 5.32 Å². The summed E-state index contributed by atoms with van der Waals surface area (Å²) in [5, 5.41) is 2.87. The molecule has 0 aliphatic carbocycles. The van der Waals surface area contributed by atoms with Gasteiger partial charge in [-0.15, -0.1) is 11.3 Å². The predicted octanol–water partition coefficient (Wildman–Crippen LogP) is 1.54. The first-order valence-electron chi connectivity index (χ1n) is 4.41. The zero-order valence-corrected chi connectivity index (χ0v) is 9.23. The van der Waals surface area contributed by atoms with Crippen LogP contribution >= 0.6 is 22.9 Å². The van der Waals surface area contributed by atoms with Gasteiger partial charge in [-0.25, -0.2) is 0 Å². The van der Waals surface area contributed by atoms with Crippen molar-refractivity contribution in [3.63, 3.8) is 0 Å². The third kappa shape index (κ3) is 1.54. The van der Waals surface area contributed by atoms with Crippen LogP contribution in [0.3, 0.4) is 0 Å². The highest BCUT2D eigenvalue weighted by Gasteiger charge is 2.38. The molecule has 0 saturated carbocycles. The summed E-state index contributed by atoms with van der Waals surface area (Å²) >= 11 is 7.29. The summed E-state index contributed by atoms with van der Waals surface area (Å²) < 4.78 is 0.723. The van der Waals surface area contributed by atoms with Gasteiger partial charge in [0.15, 0.2) is 0 Å². The van der Waals surface area contributed by atoms with E-state index in [9.17, 15) is 4.79 Å². The highest BCUT2D eigenvalue weighted by Crippen LogP contribution is 2.33. The Morgan fingerprint density at radius 1 is 1.57 bits per heavy atom. The number of thiophene rings is 1. The number of carbonyl (C=O) groups is 1. The molecule has 0 aromatic carbocycles. The molecule has 0 bridgehead atoms. The van der Waals surface area contributed by atoms with Gasteiger partial charge in [-0.2, -0.15) is 0 Å². The number of halogens is 1. The lowest BCUT2D eigenvalue weighted by molar-refractivity contribution is -0.122. The Morgan fingerprint density at radius 3 is 2.71 bits per heavy atom. The normalized spacial score (nSPS) is 31.9. The van der Waals surface area contributed by atoms with Gasteiger partial charge in [-0.05, 0) is 12.1 Å². The van der Waals surface area contributed by atoms with E-state index in [0.29, 0.717) is 0 Å². The summed E-state index contributed by atoms with van der Waals surface area (Å²) in [6, 6.07) is 3.51. The maximum atomic E-state index is 11.4. The Labute approximate surface area is 91.2 Å². The number of hydrogen-bond donors (Lipinski definition) is 2. The van der Waals surface area contributed by atoms with Crippen LogP contribution in [0.5, 0.6) is 0 Å². The molecule has 1 aliphatic rings. The number of amides is 1. The van der Waals surface area contributed by atoms with Crippen LogP contribution in [-0.2, 0) is 4.79 Å². The molecule has 1 amide bonds. The standard InChI is InChI=1S/C9H11ClN2OS/c1-4-7(11)8(12-9(4)13)5-2-3-6(10)14-5/h2-4,7-8H,11H2,1H3,(H,12,13)/t4-,7-,8+/m0/s1. The largest absolute Gasteiger partial charge is 0.347 e. The molecule has 14 heavy (non-hydrogen) atoms. The molecule has 0 radical (unpaired) electrons. The molecule has 0 spiro atoms. The Hall–Kier alpha value is -0.580. The minimum atomic E-state index is -0.155. The second kappa shape index (κ2) is 3.53. The predicted molar refractivity (Wildman–Crippen MR) is 57.4 cm³/mol. The minimum Gasteiger partial charge on any atom is -0.347 e. The molecule has 1 fully saturated rings. The summed E-state index contributed by atoms with van der Waals surface area (Å²) in [6.07, 6.45) is 0. The molecule has 76 valence electrons. The highest BCUT2D eigenvalue weighted by atomic mass is 35.5. The first-order valence-corrected chi connectivity index (χ1v) is 5.60. The molecule has 0 unspecified atom stereocenters. The van der Waals surface area contributed by atoms with Crippen molar-refractivity contribution < 1.29 is 4.79 Å². The van der Waals surface area contributed by atoms with E-state index in [1.807, 2.05) is 19.1 Å². The van der Waals surface area contributed by atoms with Crippen LogP contribution in [0.4, 0.5) is 0 Å². The van der Waals surface area contributed by atoms with Gasteiger partial charge in [0.05, 0.1) is 16.3 Å². The van der Waals surface area contributed by atoms with Crippen LogP contribution < -0.4 is 11.1 Å². The van der Waals surface area contributed by atoms with Crippen molar-refractivity contribution in [2.75, 3.05) is 0 Å². The summed E-state index contributed by atoms with van der Waals surface area (Å²) in [5.74, 6) is -0.104. The molecule has 1 aromatic heterocycles. The van der Waals surface area contributed by atoms with Gasteiger partial charge in [0.2, 0.25) is 5.91 Å². The molecule has 3 N–H and O–H groups in total. The van der Waals surface area contributed by atoms with E-state index in [1.54, 1.807) is 0 Å². The molecule has 2 heterocycles. The first-order chi connectivity index (χ1) is 6.59. The van der Waals surface area contributed by atoms with Crippen LogP contribution in [0.15, 0.2) is 12.1 Å². The fourth-order valence-electron chi connectivity index (χ4n) is 1.60. The van der Waals surface area contributed by atoms with E-state index in [4.69, 9.17) is 17.3 Å². The second-order valence-electron chi connectivity index (χ2n) is 3.49. The lowest BCUT2D eigenvalue weighted by atomic mass is 10.0. The molecule has 3 nitrogen and oxygen atoms in total. The van der Waals surface area contributed by atoms with Crippen molar-refractivity contribution >= 4 is 28.8 Å². The van der Waals surface area contributed by atoms with Crippen molar-refractivity contribution in [2.24, 2.45) is 11.7 Å². The maximum Gasteiger partial charge on any atom is 0.225 e. The van der Waals surface area contributed by atoms with E-state index in [0.717, 1.165) is 9.21 Å². The minimum absolute atomic E-state index is 0.0204. The number of rotatable bonds is 1. The van der Waals surface area contributed by atoms with Crippen LogP contribution in [-0.4, -0.2) is 11.9 Å². The topological polar surface area (TPSA) is 55.1 Å². The molecular formula is C9H11ClN2OS. The number of carbonyl (C=O) groups excluding carboxylic acids is 1. The fourth-order valence-corrected chi connectivity index (χ4v) is 2.77. The Morgan fingerprint density at radius 2 is 2.29 bits per heavy atom. The summed E-state index contributed by atoms with van der Waals surface area (Å²) in [5.41, 5.74) is 5.93. The molecule has 1 aliphatic heterocycles. The van der Waals surface area contributed by atoms with Crippen LogP contribution in [0.2, 0.25) is 4.34 Å². The van der Waals surface area contributed by atoms with Crippen LogP contribution in [0, 0.1) is 5.92 Å². The van der Waals surface area contributed by atoms with Crippen LogP contribution in [0.1, 0.15) is 17.8 Å². The van der Waals surface area contributed by atoms with E-state index >= 15 is 0 Å². The smallest absolute Gasteiger partial charge is 0.225 e. The Balaban J connectivity index is 2.25.